The SMILES string of the molecule is Cc1nc2c(c(NCCCC(=O)N3CCc4ccccc43)n1)CCCC2. The Bertz CT molecular complexity index is 818. The van der Waals surface area contributed by atoms with Gasteiger partial charge >= 0.3 is 0 Å². The van der Waals surface area contributed by atoms with E-state index >= 15 is 0 Å². The van der Waals surface area contributed by atoms with E-state index in [-0.39, 0.29) is 5.91 Å². The zero-order chi connectivity index (χ0) is 17.9. The minimum absolute atomic E-state index is 0.220. The predicted octanol–water partition coefficient (Wildman–Crippen LogP) is 3.45. The van der Waals surface area contributed by atoms with Gasteiger partial charge in [-0.3, -0.25) is 4.79 Å². The molecule has 0 atom stereocenters. The van der Waals surface area contributed by atoms with Crippen LogP contribution in [0.15, 0.2) is 24.3 Å². The fourth-order valence-electron chi connectivity index (χ4n) is 4.04. The van der Waals surface area contributed by atoms with Crippen LogP contribution in [-0.2, 0) is 24.1 Å². The lowest BCUT2D eigenvalue weighted by atomic mass is 9.96. The summed E-state index contributed by atoms with van der Waals surface area (Å²) >= 11 is 0. The van der Waals surface area contributed by atoms with Crippen molar-refractivity contribution in [1.29, 1.82) is 0 Å². The highest BCUT2D eigenvalue weighted by Crippen LogP contribution is 2.28. The standard InChI is InChI=1S/C21H26N4O/c1-15-23-18-9-4-3-8-17(18)21(24-15)22-13-6-11-20(26)25-14-12-16-7-2-5-10-19(16)25/h2,5,7,10H,3-4,6,8-9,11-14H2,1H3,(H,22,23,24). The van der Waals surface area contributed by atoms with Crippen LogP contribution < -0.4 is 10.2 Å². The van der Waals surface area contributed by atoms with Gasteiger partial charge in [-0.05, 0) is 57.1 Å². The molecule has 136 valence electrons. The Hall–Kier alpha value is -2.43. The van der Waals surface area contributed by atoms with Gasteiger partial charge in [0.2, 0.25) is 5.91 Å². The van der Waals surface area contributed by atoms with E-state index < -0.39 is 0 Å². The van der Waals surface area contributed by atoms with Crippen molar-refractivity contribution in [2.45, 2.75) is 51.9 Å². The average molecular weight is 350 g/mol. The number of carbonyl (C=O) groups is 1. The lowest BCUT2D eigenvalue weighted by Gasteiger charge is -2.20. The molecule has 5 heteroatoms. The van der Waals surface area contributed by atoms with Crippen LogP contribution in [0.5, 0.6) is 0 Å². The van der Waals surface area contributed by atoms with Crippen molar-refractivity contribution in [3.63, 3.8) is 0 Å². The number of para-hydroxylation sites is 1. The zero-order valence-electron chi connectivity index (χ0n) is 15.4. The van der Waals surface area contributed by atoms with Gasteiger partial charge in [-0.1, -0.05) is 18.2 Å². The first kappa shape index (κ1) is 17.0. The lowest BCUT2D eigenvalue weighted by molar-refractivity contribution is -0.118. The van der Waals surface area contributed by atoms with Crippen molar-refractivity contribution in [1.82, 2.24) is 9.97 Å². The summed E-state index contributed by atoms with van der Waals surface area (Å²) in [6, 6.07) is 8.22. The number of anilines is 2. The Labute approximate surface area is 154 Å². The Kier molecular flexibility index (Phi) is 4.87. The second-order valence-corrected chi connectivity index (χ2v) is 7.21. The third-order valence-corrected chi connectivity index (χ3v) is 5.34. The molecule has 0 saturated heterocycles. The Morgan fingerprint density at radius 1 is 1.15 bits per heavy atom. The van der Waals surface area contributed by atoms with E-state index in [2.05, 4.69) is 27.4 Å². The maximum atomic E-state index is 12.6. The predicted molar refractivity (Wildman–Crippen MR) is 104 cm³/mol. The summed E-state index contributed by atoms with van der Waals surface area (Å²) in [4.78, 5) is 23.7. The van der Waals surface area contributed by atoms with Crippen LogP contribution in [0.2, 0.25) is 0 Å². The van der Waals surface area contributed by atoms with E-state index in [1.165, 1.54) is 29.7 Å². The number of aryl methyl sites for hydroxylation is 2. The number of aromatic nitrogens is 2. The van der Waals surface area contributed by atoms with Crippen LogP contribution in [-0.4, -0.2) is 29.0 Å². The van der Waals surface area contributed by atoms with Crippen LogP contribution in [0.25, 0.3) is 0 Å². The molecule has 0 radical (unpaired) electrons. The Morgan fingerprint density at radius 2 is 2.00 bits per heavy atom. The maximum Gasteiger partial charge on any atom is 0.227 e. The van der Waals surface area contributed by atoms with Gasteiger partial charge in [-0.25, -0.2) is 9.97 Å². The molecule has 5 nitrogen and oxygen atoms in total. The van der Waals surface area contributed by atoms with Crippen molar-refractivity contribution < 1.29 is 4.79 Å². The molecular formula is C21H26N4O. The molecule has 2 heterocycles. The number of hydrogen-bond donors (Lipinski definition) is 1. The molecular weight excluding hydrogens is 324 g/mol. The Balaban J connectivity index is 1.32. The first-order chi connectivity index (χ1) is 12.7. The molecule has 1 N–H and O–H groups in total. The maximum absolute atomic E-state index is 12.6. The first-order valence-corrected chi connectivity index (χ1v) is 9.71. The largest absolute Gasteiger partial charge is 0.370 e. The number of benzene rings is 1. The number of carbonyl (C=O) groups excluding carboxylic acids is 1. The summed E-state index contributed by atoms with van der Waals surface area (Å²) in [5, 5.41) is 3.46. The van der Waals surface area contributed by atoms with Gasteiger partial charge in [-0.15, -0.1) is 0 Å². The molecule has 0 unspecified atom stereocenters. The first-order valence-electron chi connectivity index (χ1n) is 9.71. The summed E-state index contributed by atoms with van der Waals surface area (Å²) in [7, 11) is 0. The molecule has 2 aliphatic rings. The van der Waals surface area contributed by atoms with E-state index in [0.29, 0.717) is 6.42 Å². The molecule has 0 saturated carbocycles. The van der Waals surface area contributed by atoms with Gasteiger partial charge in [0.1, 0.15) is 11.6 Å². The third-order valence-electron chi connectivity index (χ3n) is 5.34. The summed E-state index contributed by atoms with van der Waals surface area (Å²) in [5.74, 6) is 2.03. The molecule has 0 fully saturated rings. The van der Waals surface area contributed by atoms with Crippen molar-refractivity contribution in [3.8, 4) is 0 Å². The fraction of sp³-hybridized carbons (Fsp3) is 0.476. The van der Waals surface area contributed by atoms with Crippen LogP contribution in [0.1, 0.15) is 48.3 Å². The zero-order valence-corrected chi connectivity index (χ0v) is 15.4. The van der Waals surface area contributed by atoms with Gasteiger partial charge in [0.25, 0.3) is 0 Å². The number of fused-ring (bicyclic) bond motifs is 2. The molecule has 1 amide bonds. The minimum Gasteiger partial charge on any atom is -0.370 e. The number of nitrogens with zero attached hydrogens (tertiary/aromatic N) is 3. The number of rotatable bonds is 5. The van der Waals surface area contributed by atoms with E-state index in [9.17, 15) is 4.79 Å². The summed E-state index contributed by atoms with van der Waals surface area (Å²) in [6.45, 7) is 3.53. The van der Waals surface area contributed by atoms with Gasteiger partial charge in [0.05, 0.1) is 0 Å². The van der Waals surface area contributed by atoms with E-state index in [4.69, 9.17) is 0 Å². The van der Waals surface area contributed by atoms with Gasteiger partial charge < -0.3 is 10.2 Å². The highest BCUT2D eigenvalue weighted by Gasteiger charge is 2.23. The third kappa shape index (κ3) is 3.43. The van der Waals surface area contributed by atoms with Crippen LogP contribution in [0, 0.1) is 6.92 Å². The van der Waals surface area contributed by atoms with Gasteiger partial charge in [-0.2, -0.15) is 0 Å². The van der Waals surface area contributed by atoms with Crippen molar-refractivity contribution in [2.24, 2.45) is 0 Å². The molecule has 4 rings (SSSR count). The molecule has 1 aromatic heterocycles. The number of nitrogens with one attached hydrogen (secondary N) is 1. The Morgan fingerprint density at radius 3 is 2.92 bits per heavy atom. The molecule has 0 bridgehead atoms. The van der Waals surface area contributed by atoms with E-state index in [1.807, 2.05) is 24.0 Å². The van der Waals surface area contributed by atoms with Crippen LogP contribution in [0.3, 0.4) is 0 Å². The monoisotopic (exact) mass is 350 g/mol. The highest BCUT2D eigenvalue weighted by molar-refractivity contribution is 5.95. The molecule has 1 aromatic carbocycles. The molecule has 0 spiro atoms. The molecule has 2 aromatic rings. The van der Waals surface area contributed by atoms with Crippen LogP contribution >= 0.6 is 0 Å². The van der Waals surface area contributed by atoms with Crippen molar-refractivity contribution in [3.05, 3.63) is 46.9 Å². The topological polar surface area (TPSA) is 58.1 Å². The van der Waals surface area contributed by atoms with E-state index in [1.54, 1.807) is 0 Å². The van der Waals surface area contributed by atoms with Gasteiger partial charge in [0, 0.05) is 36.5 Å². The molecule has 1 aliphatic heterocycles. The number of hydrogen-bond acceptors (Lipinski definition) is 4. The second-order valence-electron chi connectivity index (χ2n) is 7.21. The van der Waals surface area contributed by atoms with Crippen molar-refractivity contribution in [2.75, 3.05) is 23.3 Å². The molecule has 1 aliphatic carbocycles. The number of amides is 1. The van der Waals surface area contributed by atoms with Crippen molar-refractivity contribution >= 4 is 17.4 Å². The normalized spacial score (nSPS) is 15.5. The minimum atomic E-state index is 0.220. The average Bonchev–Trinajstić information content (AvgIpc) is 3.09. The molecule has 26 heavy (non-hydrogen) atoms. The lowest BCUT2D eigenvalue weighted by Crippen LogP contribution is -2.29. The summed E-state index contributed by atoms with van der Waals surface area (Å²) in [6.07, 6.45) is 6.88. The smallest absolute Gasteiger partial charge is 0.227 e. The van der Waals surface area contributed by atoms with Crippen LogP contribution in [0.4, 0.5) is 11.5 Å². The van der Waals surface area contributed by atoms with E-state index in [0.717, 1.165) is 56.1 Å². The quantitative estimate of drug-likeness (QED) is 0.839. The summed E-state index contributed by atoms with van der Waals surface area (Å²) in [5.41, 5.74) is 4.85. The fourth-order valence-corrected chi connectivity index (χ4v) is 4.04. The van der Waals surface area contributed by atoms with Gasteiger partial charge in [0.15, 0.2) is 0 Å². The summed E-state index contributed by atoms with van der Waals surface area (Å²) < 4.78 is 0. The highest BCUT2D eigenvalue weighted by atomic mass is 16.2. The second kappa shape index (κ2) is 7.44.